The molecule has 0 bridgehead atoms. The number of rotatable bonds is 7. The van der Waals surface area contributed by atoms with E-state index in [1.807, 2.05) is 36.9 Å². The van der Waals surface area contributed by atoms with Gasteiger partial charge in [-0.25, -0.2) is 4.98 Å². The van der Waals surface area contributed by atoms with Crippen LogP contribution in [-0.2, 0) is 17.8 Å². The van der Waals surface area contributed by atoms with E-state index in [1.165, 1.54) is 0 Å². The Kier molecular flexibility index (Phi) is 4.80. The zero-order valence-corrected chi connectivity index (χ0v) is 12.7. The molecule has 1 aromatic carbocycles. The summed E-state index contributed by atoms with van der Waals surface area (Å²) in [7, 11) is 5.65. The molecule has 114 valence electrons. The molecule has 0 aliphatic heterocycles. The van der Waals surface area contributed by atoms with Crippen molar-refractivity contribution in [2.75, 3.05) is 27.7 Å². The lowest BCUT2D eigenvalue weighted by Crippen LogP contribution is -2.16. The molecule has 0 saturated heterocycles. The van der Waals surface area contributed by atoms with E-state index in [0.717, 1.165) is 36.3 Å². The Hall–Kier alpha value is -2.08. The van der Waals surface area contributed by atoms with Gasteiger partial charge in [0, 0.05) is 12.6 Å². The molecule has 0 aliphatic rings. The number of methoxy groups -OCH3 is 1. The third kappa shape index (κ3) is 3.72. The van der Waals surface area contributed by atoms with Crippen molar-refractivity contribution in [1.29, 1.82) is 0 Å². The van der Waals surface area contributed by atoms with Crippen molar-refractivity contribution in [3.8, 4) is 5.75 Å². The number of hydrogen-bond acceptors (Lipinski definition) is 4. The number of carbonyl (C=O) groups is 1. The highest BCUT2D eigenvalue weighted by molar-refractivity contribution is 5.79. The summed E-state index contributed by atoms with van der Waals surface area (Å²) in [6.07, 6.45) is 0.871. The van der Waals surface area contributed by atoms with Crippen molar-refractivity contribution in [1.82, 2.24) is 14.5 Å². The van der Waals surface area contributed by atoms with Gasteiger partial charge in [-0.2, -0.15) is 0 Å². The maximum atomic E-state index is 11.0. The summed E-state index contributed by atoms with van der Waals surface area (Å²) in [6.45, 7) is 1.70. The Labute approximate surface area is 124 Å². The molecule has 0 fully saturated rings. The van der Waals surface area contributed by atoms with Crippen LogP contribution in [0.3, 0.4) is 0 Å². The Morgan fingerprint density at radius 3 is 2.81 bits per heavy atom. The number of fused-ring (bicyclic) bond motifs is 1. The lowest BCUT2D eigenvalue weighted by Gasteiger charge is -2.12. The number of aliphatic carboxylic acids is 1. The van der Waals surface area contributed by atoms with Crippen molar-refractivity contribution < 1.29 is 14.6 Å². The monoisotopic (exact) mass is 291 g/mol. The number of aromatic nitrogens is 2. The third-order valence-electron chi connectivity index (χ3n) is 3.33. The smallest absolute Gasteiger partial charge is 0.311 e. The van der Waals surface area contributed by atoms with Gasteiger partial charge in [-0.15, -0.1) is 0 Å². The first-order valence-electron chi connectivity index (χ1n) is 6.91. The average Bonchev–Trinajstić information content (AvgIpc) is 2.74. The van der Waals surface area contributed by atoms with Crippen LogP contribution in [0, 0.1) is 0 Å². The normalized spacial score (nSPS) is 11.2. The van der Waals surface area contributed by atoms with Crippen molar-refractivity contribution in [3.05, 3.63) is 24.0 Å². The quantitative estimate of drug-likeness (QED) is 0.839. The molecule has 0 atom stereocenters. The van der Waals surface area contributed by atoms with Crippen molar-refractivity contribution in [3.63, 3.8) is 0 Å². The highest BCUT2D eigenvalue weighted by atomic mass is 16.5. The van der Waals surface area contributed by atoms with Gasteiger partial charge in [0.1, 0.15) is 18.0 Å². The van der Waals surface area contributed by atoms with Crippen molar-refractivity contribution in [2.24, 2.45) is 0 Å². The number of hydrogen-bond donors (Lipinski definition) is 1. The topological polar surface area (TPSA) is 67.6 Å². The number of nitrogens with zero attached hydrogens (tertiary/aromatic N) is 3. The first kappa shape index (κ1) is 15.3. The van der Waals surface area contributed by atoms with E-state index in [1.54, 1.807) is 7.11 Å². The Balaban J connectivity index is 2.35. The maximum absolute atomic E-state index is 11.0. The van der Waals surface area contributed by atoms with E-state index < -0.39 is 5.97 Å². The summed E-state index contributed by atoms with van der Waals surface area (Å²) in [6, 6.07) is 5.64. The van der Waals surface area contributed by atoms with E-state index in [0.29, 0.717) is 5.82 Å². The fourth-order valence-corrected chi connectivity index (χ4v) is 2.35. The molecule has 1 N–H and O–H groups in total. The second-order valence-corrected chi connectivity index (χ2v) is 5.26. The molecular weight excluding hydrogens is 270 g/mol. The molecule has 2 rings (SSSR count). The summed E-state index contributed by atoms with van der Waals surface area (Å²) in [5.41, 5.74) is 1.72. The predicted octanol–water partition coefficient (Wildman–Crippen LogP) is 1.62. The average molecular weight is 291 g/mol. The number of benzene rings is 1. The third-order valence-corrected chi connectivity index (χ3v) is 3.33. The van der Waals surface area contributed by atoms with E-state index >= 15 is 0 Å². The zero-order valence-electron chi connectivity index (χ0n) is 12.7. The zero-order chi connectivity index (χ0) is 15.4. The van der Waals surface area contributed by atoms with Gasteiger partial charge < -0.3 is 19.3 Å². The lowest BCUT2D eigenvalue weighted by molar-refractivity contribution is -0.136. The molecule has 1 aromatic heterocycles. The molecule has 0 radical (unpaired) electrons. The summed E-state index contributed by atoms with van der Waals surface area (Å²) >= 11 is 0. The Morgan fingerprint density at radius 1 is 1.43 bits per heavy atom. The number of ether oxygens (including phenoxy) is 1. The molecule has 1 heterocycles. The van der Waals surface area contributed by atoms with Crippen LogP contribution in [-0.4, -0.2) is 53.3 Å². The van der Waals surface area contributed by atoms with Crippen LogP contribution in [0.25, 0.3) is 11.0 Å². The fourth-order valence-electron chi connectivity index (χ4n) is 2.35. The first-order chi connectivity index (χ1) is 10.0. The van der Waals surface area contributed by atoms with E-state index in [4.69, 9.17) is 9.84 Å². The van der Waals surface area contributed by atoms with Crippen LogP contribution in [0.4, 0.5) is 0 Å². The highest BCUT2D eigenvalue weighted by Crippen LogP contribution is 2.22. The fraction of sp³-hybridized carbons (Fsp3) is 0.467. The number of carboxylic acid groups (broad SMARTS) is 1. The van der Waals surface area contributed by atoms with Crippen LogP contribution in [0.5, 0.6) is 5.75 Å². The Bertz CT molecular complexity index is 634. The van der Waals surface area contributed by atoms with Crippen LogP contribution in [0.2, 0.25) is 0 Å². The Morgan fingerprint density at radius 2 is 2.19 bits per heavy atom. The molecular formula is C15H21N3O3. The maximum Gasteiger partial charge on any atom is 0.311 e. The van der Waals surface area contributed by atoms with Gasteiger partial charge in [-0.3, -0.25) is 4.79 Å². The molecule has 2 aromatic rings. The summed E-state index contributed by atoms with van der Waals surface area (Å²) in [4.78, 5) is 17.6. The predicted molar refractivity (Wildman–Crippen MR) is 80.8 cm³/mol. The first-order valence-corrected chi connectivity index (χ1v) is 6.91. The largest absolute Gasteiger partial charge is 0.497 e. The second-order valence-electron chi connectivity index (χ2n) is 5.26. The minimum Gasteiger partial charge on any atom is -0.497 e. The molecule has 6 nitrogen and oxygen atoms in total. The summed E-state index contributed by atoms with van der Waals surface area (Å²) < 4.78 is 7.19. The number of carboxylic acids is 1. The number of imidazole rings is 1. The molecule has 0 unspecified atom stereocenters. The van der Waals surface area contributed by atoms with Crippen LogP contribution in [0.1, 0.15) is 12.2 Å². The molecule has 6 heteroatoms. The minimum absolute atomic E-state index is 0.0705. The minimum atomic E-state index is -0.869. The standard InChI is InChI=1S/C15H21N3O3/c1-17(2)7-4-8-18-13-6-5-11(21-3)9-12(13)16-14(18)10-15(19)20/h5-6,9H,4,7-8,10H2,1-3H3,(H,19,20). The van der Waals surface area contributed by atoms with Crippen molar-refractivity contribution >= 4 is 17.0 Å². The van der Waals surface area contributed by atoms with Crippen LogP contribution < -0.4 is 4.74 Å². The van der Waals surface area contributed by atoms with Gasteiger partial charge in [0.25, 0.3) is 0 Å². The SMILES string of the molecule is COc1ccc2c(c1)nc(CC(=O)O)n2CCCN(C)C. The number of aryl methyl sites for hydroxylation is 1. The van der Waals surface area contributed by atoms with Gasteiger partial charge in [-0.05, 0) is 39.2 Å². The molecule has 0 aliphatic carbocycles. The van der Waals surface area contributed by atoms with E-state index in [-0.39, 0.29) is 6.42 Å². The molecule has 21 heavy (non-hydrogen) atoms. The van der Waals surface area contributed by atoms with E-state index in [9.17, 15) is 4.79 Å². The van der Waals surface area contributed by atoms with Gasteiger partial charge in [0.2, 0.25) is 0 Å². The lowest BCUT2D eigenvalue weighted by atomic mass is 10.3. The molecule has 0 amide bonds. The van der Waals surface area contributed by atoms with Gasteiger partial charge in [0.15, 0.2) is 0 Å². The molecule has 0 spiro atoms. The van der Waals surface area contributed by atoms with Crippen LogP contribution in [0.15, 0.2) is 18.2 Å². The molecule has 0 saturated carbocycles. The highest BCUT2D eigenvalue weighted by Gasteiger charge is 2.14. The van der Waals surface area contributed by atoms with Crippen molar-refractivity contribution in [2.45, 2.75) is 19.4 Å². The van der Waals surface area contributed by atoms with Crippen LogP contribution >= 0.6 is 0 Å². The summed E-state index contributed by atoms with van der Waals surface area (Å²) in [5, 5.41) is 9.04. The van der Waals surface area contributed by atoms with E-state index in [2.05, 4.69) is 9.88 Å². The van der Waals surface area contributed by atoms with Gasteiger partial charge >= 0.3 is 5.97 Å². The van der Waals surface area contributed by atoms with Gasteiger partial charge in [-0.1, -0.05) is 0 Å². The summed E-state index contributed by atoms with van der Waals surface area (Å²) in [5.74, 6) is 0.443. The van der Waals surface area contributed by atoms with Gasteiger partial charge in [0.05, 0.1) is 18.1 Å². The second kappa shape index (κ2) is 6.58.